The van der Waals surface area contributed by atoms with Gasteiger partial charge in [0.1, 0.15) is 5.70 Å². The van der Waals surface area contributed by atoms with Crippen molar-refractivity contribution in [1.82, 2.24) is 5.32 Å². The van der Waals surface area contributed by atoms with Crippen LogP contribution in [0.2, 0.25) is 0 Å². The van der Waals surface area contributed by atoms with E-state index in [-0.39, 0.29) is 5.91 Å². The number of hydrogen-bond donors (Lipinski definition) is 1. The highest BCUT2D eigenvalue weighted by Gasteiger charge is 2.31. The van der Waals surface area contributed by atoms with Crippen LogP contribution in [-0.4, -0.2) is 25.2 Å². The van der Waals surface area contributed by atoms with Crippen molar-refractivity contribution in [2.45, 2.75) is 6.92 Å². The quantitative estimate of drug-likeness (QED) is 0.675. The second kappa shape index (κ2) is 6.94. The molecule has 0 bridgehead atoms. The predicted octanol–water partition coefficient (Wildman–Crippen LogP) is 3.27. The summed E-state index contributed by atoms with van der Waals surface area (Å²) in [6.45, 7) is 1.97. The molecule has 25 heavy (non-hydrogen) atoms. The van der Waals surface area contributed by atoms with Gasteiger partial charge in [-0.15, -0.1) is 0 Å². The Labute approximate surface area is 151 Å². The molecule has 1 heterocycles. The summed E-state index contributed by atoms with van der Waals surface area (Å²) in [7, 11) is 3.15. The lowest BCUT2D eigenvalue weighted by molar-refractivity contribution is -0.113. The van der Waals surface area contributed by atoms with Crippen molar-refractivity contribution < 1.29 is 14.3 Å². The average Bonchev–Trinajstić information content (AvgIpc) is 2.88. The monoisotopic (exact) mass is 354 g/mol. The third kappa shape index (κ3) is 3.34. The number of nitrogens with one attached hydrogen (secondary N) is 1. The molecule has 0 atom stereocenters. The lowest BCUT2D eigenvalue weighted by Gasteiger charge is -2.14. The topological polar surface area (TPSA) is 50.8 Å². The highest BCUT2D eigenvalue weighted by molar-refractivity contribution is 7.80. The van der Waals surface area contributed by atoms with E-state index in [9.17, 15) is 4.79 Å². The van der Waals surface area contributed by atoms with E-state index in [0.29, 0.717) is 22.3 Å². The molecule has 1 aliphatic heterocycles. The molecule has 1 saturated heterocycles. The summed E-state index contributed by atoms with van der Waals surface area (Å²) in [5.74, 6) is 1.04. The second-order valence-corrected chi connectivity index (χ2v) is 5.97. The first kappa shape index (κ1) is 17.0. The third-order valence-corrected chi connectivity index (χ3v) is 4.14. The summed E-state index contributed by atoms with van der Waals surface area (Å²) < 4.78 is 10.5. The van der Waals surface area contributed by atoms with Crippen molar-refractivity contribution in [3.63, 3.8) is 0 Å². The van der Waals surface area contributed by atoms with Crippen LogP contribution in [0.5, 0.6) is 11.5 Å². The zero-order valence-electron chi connectivity index (χ0n) is 14.2. The Kier molecular flexibility index (Phi) is 4.72. The predicted molar refractivity (Wildman–Crippen MR) is 102 cm³/mol. The van der Waals surface area contributed by atoms with E-state index >= 15 is 0 Å². The van der Waals surface area contributed by atoms with Crippen LogP contribution in [0.25, 0.3) is 6.08 Å². The summed E-state index contributed by atoms with van der Waals surface area (Å²) in [4.78, 5) is 14.3. The van der Waals surface area contributed by atoms with Crippen molar-refractivity contribution in [2.75, 3.05) is 19.1 Å². The van der Waals surface area contributed by atoms with Crippen molar-refractivity contribution in [1.29, 1.82) is 0 Å². The minimum Gasteiger partial charge on any atom is -0.493 e. The Balaban J connectivity index is 1.93. The van der Waals surface area contributed by atoms with Gasteiger partial charge in [-0.05, 0) is 60.6 Å². The molecule has 0 unspecified atom stereocenters. The summed E-state index contributed by atoms with van der Waals surface area (Å²) in [6.07, 6.45) is 1.74. The maximum Gasteiger partial charge on any atom is 0.281 e. The van der Waals surface area contributed by atoms with Gasteiger partial charge in [-0.2, -0.15) is 0 Å². The van der Waals surface area contributed by atoms with Crippen molar-refractivity contribution in [3.05, 3.63) is 59.3 Å². The van der Waals surface area contributed by atoms with Gasteiger partial charge in [0.15, 0.2) is 16.6 Å². The van der Waals surface area contributed by atoms with Crippen molar-refractivity contribution >= 4 is 35.0 Å². The molecule has 5 nitrogen and oxygen atoms in total. The Morgan fingerprint density at radius 1 is 1.08 bits per heavy atom. The first-order chi connectivity index (χ1) is 12.0. The number of amides is 1. The van der Waals surface area contributed by atoms with Crippen LogP contribution in [0.1, 0.15) is 11.1 Å². The van der Waals surface area contributed by atoms with E-state index in [1.54, 1.807) is 32.4 Å². The number of benzene rings is 2. The van der Waals surface area contributed by atoms with Crippen LogP contribution in [0.3, 0.4) is 0 Å². The van der Waals surface area contributed by atoms with E-state index in [0.717, 1.165) is 16.8 Å². The van der Waals surface area contributed by atoms with Crippen molar-refractivity contribution in [3.8, 4) is 11.5 Å². The smallest absolute Gasteiger partial charge is 0.281 e. The lowest BCUT2D eigenvalue weighted by Crippen LogP contribution is -2.30. The van der Waals surface area contributed by atoms with Gasteiger partial charge < -0.3 is 14.8 Å². The molecule has 128 valence electrons. The number of carbonyl (C=O) groups excluding carboxylic acids is 1. The van der Waals surface area contributed by atoms with Gasteiger partial charge in [0.05, 0.1) is 19.9 Å². The minimum atomic E-state index is -0.189. The summed E-state index contributed by atoms with van der Waals surface area (Å²) in [5, 5.41) is 3.35. The number of methoxy groups -OCH3 is 2. The summed E-state index contributed by atoms with van der Waals surface area (Å²) in [6, 6.07) is 13.1. The molecule has 1 amide bonds. The zero-order chi connectivity index (χ0) is 18.0. The number of thiocarbonyl (C=S) groups is 1. The molecule has 0 aliphatic carbocycles. The minimum absolute atomic E-state index is 0.189. The van der Waals surface area contributed by atoms with Gasteiger partial charge in [-0.25, -0.2) is 0 Å². The van der Waals surface area contributed by atoms with Crippen LogP contribution < -0.4 is 19.7 Å². The number of rotatable bonds is 4. The number of carbonyl (C=O) groups is 1. The van der Waals surface area contributed by atoms with Crippen LogP contribution in [0.15, 0.2) is 48.2 Å². The van der Waals surface area contributed by atoms with E-state index in [4.69, 9.17) is 21.7 Å². The molecule has 0 saturated carbocycles. The molecular formula is C19H18N2O3S. The summed E-state index contributed by atoms with van der Waals surface area (Å²) >= 11 is 5.33. The first-order valence-corrected chi connectivity index (χ1v) is 8.10. The number of ether oxygens (including phenoxy) is 2. The molecule has 2 aromatic rings. The van der Waals surface area contributed by atoms with E-state index in [1.165, 1.54) is 4.90 Å². The average molecular weight is 354 g/mol. The Morgan fingerprint density at radius 3 is 2.52 bits per heavy atom. The number of aryl methyl sites for hydroxylation is 1. The van der Waals surface area contributed by atoms with E-state index in [2.05, 4.69) is 5.32 Å². The maximum absolute atomic E-state index is 12.8. The van der Waals surface area contributed by atoms with Gasteiger partial charge in [-0.1, -0.05) is 18.2 Å². The van der Waals surface area contributed by atoms with Gasteiger partial charge in [0.2, 0.25) is 0 Å². The normalized spacial score (nSPS) is 15.5. The fraction of sp³-hybridized carbons (Fsp3) is 0.158. The van der Waals surface area contributed by atoms with Crippen molar-refractivity contribution in [2.24, 2.45) is 0 Å². The molecule has 0 spiro atoms. The molecule has 6 heteroatoms. The molecule has 1 aliphatic rings. The van der Waals surface area contributed by atoms with Gasteiger partial charge in [0.25, 0.3) is 5.91 Å². The van der Waals surface area contributed by atoms with E-state index < -0.39 is 0 Å². The number of nitrogens with zero attached hydrogens (tertiary/aromatic N) is 1. The summed E-state index contributed by atoms with van der Waals surface area (Å²) in [5.41, 5.74) is 3.03. The molecule has 1 fully saturated rings. The van der Waals surface area contributed by atoms with Crippen LogP contribution in [0, 0.1) is 6.92 Å². The zero-order valence-corrected chi connectivity index (χ0v) is 15.0. The highest BCUT2D eigenvalue weighted by atomic mass is 32.1. The van der Waals surface area contributed by atoms with Crippen LogP contribution in [0.4, 0.5) is 5.69 Å². The Morgan fingerprint density at radius 2 is 1.84 bits per heavy atom. The largest absolute Gasteiger partial charge is 0.493 e. The number of anilines is 1. The lowest BCUT2D eigenvalue weighted by atomic mass is 10.1. The fourth-order valence-corrected chi connectivity index (χ4v) is 2.94. The Bertz CT molecular complexity index is 877. The maximum atomic E-state index is 12.8. The van der Waals surface area contributed by atoms with Crippen LogP contribution >= 0.6 is 12.2 Å². The van der Waals surface area contributed by atoms with E-state index in [1.807, 2.05) is 37.3 Å². The molecule has 1 N–H and O–H groups in total. The third-order valence-electron chi connectivity index (χ3n) is 3.86. The standard InChI is InChI=1S/C19H18N2O3S/c1-12-5-4-6-14(9-12)21-18(22)15(20-19(21)25)10-13-7-8-16(23-2)17(11-13)24-3/h4-11H,1-3H3,(H,20,25). The van der Waals surface area contributed by atoms with Crippen LogP contribution in [-0.2, 0) is 4.79 Å². The molecular weight excluding hydrogens is 336 g/mol. The molecule has 3 rings (SSSR count). The highest BCUT2D eigenvalue weighted by Crippen LogP contribution is 2.29. The number of hydrogen-bond acceptors (Lipinski definition) is 4. The Hall–Kier alpha value is -2.86. The second-order valence-electron chi connectivity index (χ2n) is 5.58. The first-order valence-electron chi connectivity index (χ1n) is 7.69. The van der Waals surface area contributed by atoms with Gasteiger partial charge >= 0.3 is 0 Å². The SMILES string of the molecule is COc1ccc(C=C2NC(=S)N(c3cccc(C)c3)C2=O)cc1OC. The fourth-order valence-electron chi connectivity index (χ4n) is 2.65. The van der Waals surface area contributed by atoms with Gasteiger partial charge in [0, 0.05) is 0 Å². The van der Waals surface area contributed by atoms with Gasteiger partial charge in [-0.3, -0.25) is 9.69 Å². The molecule has 2 aromatic carbocycles. The molecule has 0 radical (unpaired) electrons. The molecule has 0 aromatic heterocycles.